The summed E-state index contributed by atoms with van der Waals surface area (Å²) in [4.78, 5) is 18.4. The van der Waals surface area contributed by atoms with Crippen LogP contribution in [-0.2, 0) is 16.2 Å². The van der Waals surface area contributed by atoms with Crippen molar-refractivity contribution < 1.29 is 9.63 Å². The van der Waals surface area contributed by atoms with Crippen molar-refractivity contribution in [1.29, 1.82) is 0 Å². The minimum Gasteiger partial charge on any atom is -0.382 e. The molecule has 1 aliphatic rings. The van der Waals surface area contributed by atoms with E-state index in [1.54, 1.807) is 17.4 Å². The molecule has 0 saturated carbocycles. The number of carbonyl (C=O) groups is 1. The number of thiophene rings is 1. The Hall–Kier alpha value is -1.85. The van der Waals surface area contributed by atoms with Gasteiger partial charge in [-0.25, -0.2) is 0 Å². The summed E-state index contributed by atoms with van der Waals surface area (Å²) in [5.74, 6) is -0.158. The van der Waals surface area contributed by atoms with Crippen LogP contribution in [0.5, 0.6) is 0 Å². The molecule has 4 nitrogen and oxygen atoms in total. The number of benzene rings is 1. The van der Waals surface area contributed by atoms with Gasteiger partial charge in [-0.15, -0.1) is 11.3 Å². The Morgan fingerprint density at radius 3 is 3.00 bits per heavy atom. The third-order valence-corrected chi connectivity index (χ3v) is 4.37. The highest BCUT2D eigenvalue weighted by Gasteiger charge is 2.29. The first-order chi connectivity index (χ1) is 10.2. The SMILES string of the molecule is O=C(NCc1cccs1)[C@@H]1CC(c2ccccc2Cl)=NO1. The predicted molar refractivity (Wildman–Crippen MR) is 83.6 cm³/mol. The normalized spacial score (nSPS) is 17.2. The second kappa shape index (κ2) is 6.28. The Bertz CT molecular complexity index is 670. The van der Waals surface area contributed by atoms with Gasteiger partial charge in [-0.3, -0.25) is 4.79 Å². The number of halogens is 1. The standard InChI is InChI=1S/C15H13ClN2O2S/c16-12-6-2-1-5-11(12)13-8-14(20-18-13)15(19)17-9-10-4-3-7-21-10/h1-7,14H,8-9H2,(H,17,19)/t14-/m0/s1. The minimum atomic E-state index is -0.587. The van der Waals surface area contributed by atoms with Gasteiger partial charge in [0.15, 0.2) is 0 Å². The highest BCUT2D eigenvalue weighted by atomic mass is 35.5. The highest BCUT2D eigenvalue weighted by Crippen LogP contribution is 2.23. The molecule has 0 fully saturated rings. The van der Waals surface area contributed by atoms with Crippen LogP contribution in [0.25, 0.3) is 0 Å². The summed E-state index contributed by atoms with van der Waals surface area (Å²) in [6.07, 6.45) is -0.156. The lowest BCUT2D eigenvalue weighted by atomic mass is 10.0. The number of amides is 1. The van der Waals surface area contributed by atoms with E-state index in [0.717, 1.165) is 10.4 Å². The average Bonchev–Trinajstić information content (AvgIpc) is 3.17. The number of hydrogen-bond donors (Lipinski definition) is 1. The van der Waals surface area contributed by atoms with Crippen LogP contribution < -0.4 is 5.32 Å². The van der Waals surface area contributed by atoms with Crippen LogP contribution in [0.4, 0.5) is 0 Å². The predicted octanol–water partition coefficient (Wildman–Crippen LogP) is 3.21. The van der Waals surface area contributed by atoms with Gasteiger partial charge in [-0.05, 0) is 17.5 Å². The Balaban J connectivity index is 1.58. The fraction of sp³-hybridized carbons (Fsp3) is 0.200. The van der Waals surface area contributed by atoms with Crippen molar-refractivity contribution in [2.45, 2.75) is 19.1 Å². The Morgan fingerprint density at radius 2 is 2.24 bits per heavy atom. The van der Waals surface area contributed by atoms with Gasteiger partial charge >= 0.3 is 0 Å². The third kappa shape index (κ3) is 3.25. The zero-order chi connectivity index (χ0) is 14.7. The van der Waals surface area contributed by atoms with E-state index in [1.807, 2.05) is 35.7 Å². The van der Waals surface area contributed by atoms with E-state index in [1.165, 1.54) is 0 Å². The number of nitrogens with zero attached hydrogens (tertiary/aromatic N) is 1. The first-order valence-corrected chi connectivity index (χ1v) is 7.77. The molecular formula is C15H13ClN2O2S. The van der Waals surface area contributed by atoms with Crippen molar-refractivity contribution in [2.24, 2.45) is 5.16 Å². The van der Waals surface area contributed by atoms with Crippen LogP contribution in [0, 0.1) is 0 Å². The van der Waals surface area contributed by atoms with E-state index in [0.29, 0.717) is 23.7 Å². The Morgan fingerprint density at radius 1 is 1.38 bits per heavy atom. The molecule has 0 spiro atoms. The summed E-state index contributed by atoms with van der Waals surface area (Å²) >= 11 is 7.73. The van der Waals surface area contributed by atoms with E-state index >= 15 is 0 Å². The summed E-state index contributed by atoms with van der Waals surface area (Å²) < 4.78 is 0. The number of rotatable bonds is 4. The van der Waals surface area contributed by atoms with Crippen LogP contribution in [0.2, 0.25) is 5.02 Å². The van der Waals surface area contributed by atoms with Gasteiger partial charge in [0.2, 0.25) is 6.10 Å². The molecule has 1 aromatic carbocycles. The molecular weight excluding hydrogens is 308 g/mol. The van der Waals surface area contributed by atoms with Gasteiger partial charge < -0.3 is 10.2 Å². The number of hydrogen-bond acceptors (Lipinski definition) is 4. The van der Waals surface area contributed by atoms with E-state index in [2.05, 4.69) is 10.5 Å². The Kier molecular flexibility index (Phi) is 4.22. The molecule has 0 unspecified atom stereocenters. The molecule has 21 heavy (non-hydrogen) atoms. The van der Waals surface area contributed by atoms with E-state index < -0.39 is 6.10 Å². The zero-order valence-corrected chi connectivity index (χ0v) is 12.7. The zero-order valence-electron chi connectivity index (χ0n) is 11.1. The summed E-state index contributed by atoms with van der Waals surface area (Å²) in [7, 11) is 0. The molecule has 108 valence electrons. The molecule has 2 heterocycles. The molecule has 0 aliphatic carbocycles. The lowest BCUT2D eigenvalue weighted by molar-refractivity contribution is -0.131. The quantitative estimate of drug-likeness (QED) is 0.940. The van der Waals surface area contributed by atoms with Gasteiger partial charge in [0.05, 0.1) is 12.3 Å². The fourth-order valence-corrected chi connectivity index (χ4v) is 2.96. The number of oxime groups is 1. The summed E-state index contributed by atoms with van der Waals surface area (Å²) in [5, 5.41) is 9.43. The molecule has 6 heteroatoms. The topological polar surface area (TPSA) is 50.7 Å². The molecule has 1 N–H and O–H groups in total. The van der Waals surface area contributed by atoms with Crippen molar-refractivity contribution in [3.05, 3.63) is 57.2 Å². The van der Waals surface area contributed by atoms with E-state index in [4.69, 9.17) is 16.4 Å². The monoisotopic (exact) mass is 320 g/mol. The molecule has 1 aliphatic heterocycles. The largest absolute Gasteiger partial charge is 0.382 e. The molecule has 1 amide bonds. The first-order valence-electron chi connectivity index (χ1n) is 6.52. The summed E-state index contributed by atoms with van der Waals surface area (Å²) in [5.41, 5.74) is 1.52. The van der Waals surface area contributed by atoms with Crippen molar-refractivity contribution in [1.82, 2.24) is 5.32 Å². The van der Waals surface area contributed by atoms with Crippen LogP contribution in [0.15, 0.2) is 46.9 Å². The van der Waals surface area contributed by atoms with Crippen molar-refractivity contribution in [2.75, 3.05) is 0 Å². The van der Waals surface area contributed by atoms with Gasteiger partial charge in [-0.1, -0.05) is 41.0 Å². The van der Waals surface area contributed by atoms with Crippen LogP contribution >= 0.6 is 22.9 Å². The first kappa shape index (κ1) is 14.1. The summed E-state index contributed by atoms with van der Waals surface area (Å²) in [6.45, 7) is 0.512. The van der Waals surface area contributed by atoms with Crippen LogP contribution in [-0.4, -0.2) is 17.7 Å². The number of nitrogens with one attached hydrogen (secondary N) is 1. The van der Waals surface area contributed by atoms with Crippen molar-refractivity contribution >= 4 is 34.6 Å². The second-order valence-corrected chi connectivity index (χ2v) is 6.05. The van der Waals surface area contributed by atoms with Crippen LogP contribution in [0.3, 0.4) is 0 Å². The van der Waals surface area contributed by atoms with Gasteiger partial charge in [-0.2, -0.15) is 0 Å². The molecule has 0 saturated heterocycles. The average molecular weight is 321 g/mol. The van der Waals surface area contributed by atoms with Crippen LogP contribution in [0.1, 0.15) is 16.9 Å². The molecule has 1 atom stereocenters. The fourth-order valence-electron chi connectivity index (χ4n) is 2.07. The van der Waals surface area contributed by atoms with Gasteiger partial charge in [0.1, 0.15) is 0 Å². The smallest absolute Gasteiger partial charge is 0.264 e. The van der Waals surface area contributed by atoms with Crippen molar-refractivity contribution in [3.8, 4) is 0 Å². The minimum absolute atomic E-state index is 0.158. The van der Waals surface area contributed by atoms with E-state index in [9.17, 15) is 4.79 Å². The lowest BCUT2D eigenvalue weighted by Crippen LogP contribution is -2.34. The van der Waals surface area contributed by atoms with E-state index in [-0.39, 0.29) is 5.91 Å². The lowest BCUT2D eigenvalue weighted by Gasteiger charge is -2.08. The molecule has 0 bridgehead atoms. The third-order valence-electron chi connectivity index (χ3n) is 3.16. The number of carbonyl (C=O) groups excluding carboxylic acids is 1. The highest BCUT2D eigenvalue weighted by molar-refractivity contribution is 7.09. The second-order valence-electron chi connectivity index (χ2n) is 4.61. The Labute approximate surface area is 131 Å². The maximum absolute atomic E-state index is 12.1. The molecule has 0 radical (unpaired) electrons. The molecule has 1 aromatic heterocycles. The van der Waals surface area contributed by atoms with Gasteiger partial charge in [0, 0.05) is 21.9 Å². The maximum Gasteiger partial charge on any atom is 0.264 e. The molecule has 2 aromatic rings. The van der Waals surface area contributed by atoms with Gasteiger partial charge in [0.25, 0.3) is 5.91 Å². The molecule has 3 rings (SSSR count). The van der Waals surface area contributed by atoms with Crippen molar-refractivity contribution in [3.63, 3.8) is 0 Å². The summed E-state index contributed by atoms with van der Waals surface area (Å²) in [6, 6.07) is 11.3. The maximum atomic E-state index is 12.1.